The summed E-state index contributed by atoms with van der Waals surface area (Å²) >= 11 is 5.27. The van der Waals surface area contributed by atoms with Crippen molar-refractivity contribution in [2.24, 2.45) is 0 Å². The molecule has 2 aromatic rings. The van der Waals surface area contributed by atoms with Crippen molar-refractivity contribution in [3.8, 4) is 17.2 Å². The molecule has 156 valence electrons. The van der Waals surface area contributed by atoms with Crippen molar-refractivity contribution in [2.45, 2.75) is 13.8 Å². The van der Waals surface area contributed by atoms with E-state index in [4.69, 9.17) is 26.4 Å². The van der Waals surface area contributed by atoms with Gasteiger partial charge < -0.3 is 14.2 Å². The van der Waals surface area contributed by atoms with Gasteiger partial charge in [0.25, 0.3) is 11.8 Å². The van der Waals surface area contributed by atoms with E-state index in [0.717, 1.165) is 11.1 Å². The first-order chi connectivity index (χ1) is 14.3. The number of aryl methyl sites for hydroxylation is 2. The van der Waals surface area contributed by atoms with Crippen LogP contribution in [0.1, 0.15) is 16.7 Å². The third-order valence-corrected chi connectivity index (χ3v) is 4.98. The van der Waals surface area contributed by atoms with Gasteiger partial charge in [0.15, 0.2) is 16.6 Å². The Morgan fingerprint density at radius 1 is 0.967 bits per heavy atom. The van der Waals surface area contributed by atoms with E-state index < -0.39 is 11.8 Å². The molecule has 1 aliphatic rings. The lowest BCUT2D eigenvalue weighted by atomic mass is 10.0. The third-order valence-electron chi connectivity index (χ3n) is 4.69. The quantitative estimate of drug-likeness (QED) is 0.450. The predicted octanol–water partition coefficient (Wildman–Crippen LogP) is 3.16. The molecule has 2 amide bonds. The molecular formula is C22H22N2O5S. The first-order valence-electron chi connectivity index (χ1n) is 9.09. The van der Waals surface area contributed by atoms with Crippen LogP contribution in [0.25, 0.3) is 6.08 Å². The molecule has 3 rings (SSSR count). The number of hydrogen-bond acceptors (Lipinski definition) is 6. The average Bonchev–Trinajstić information content (AvgIpc) is 2.71. The molecule has 2 aromatic carbocycles. The number of thiocarbonyl (C=S) groups is 1. The highest BCUT2D eigenvalue weighted by molar-refractivity contribution is 7.80. The molecule has 1 N–H and O–H groups in total. The maximum absolute atomic E-state index is 13.2. The summed E-state index contributed by atoms with van der Waals surface area (Å²) in [6, 6.07) is 8.96. The van der Waals surface area contributed by atoms with Crippen molar-refractivity contribution in [3.05, 3.63) is 52.6 Å². The van der Waals surface area contributed by atoms with E-state index in [2.05, 4.69) is 5.32 Å². The van der Waals surface area contributed by atoms with Gasteiger partial charge in [-0.25, -0.2) is 0 Å². The Hall–Kier alpha value is -3.39. The lowest BCUT2D eigenvalue weighted by Gasteiger charge is -2.30. The molecule has 30 heavy (non-hydrogen) atoms. The van der Waals surface area contributed by atoms with Crippen molar-refractivity contribution < 1.29 is 23.8 Å². The second kappa shape index (κ2) is 8.54. The van der Waals surface area contributed by atoms with Gasteiger partial charge in [0, 0.05) is 0 Å². The van der Waals surface area contributed by atoms with Gasteiger partial charge in [0.1, 0.15) is 5.57 Å². The SMILES string of the molecule is COc1cc(C=C2C(=O)NC(=S)N(c3ccc(C)cc3C)C2=O)cc(OC)c1OC. The summed E-state index contributed by atoms with van der Waals surface area (Å²) in [4.78, 5) is 27.1. The molecule has 0 atom stereocenters. The van der Waals surface area contributed by atoms with Crippen molar-refractivity contribution in [1.82, 2.24) is 5.32 Å². The van der Waals surface area contributed by atoms with E-state index in [1.807, 2.05) is 32.0 Å². The Balaban J connectivity index is 2.09. The van der Waals surface area contributed by atoms with Crippen molar-refractivity contribution in [1.29, 1.82) is 0 Å². The van der Waals surface area contributed by atoms with E-state index in [1.54, 1.807) is 12.1 Å². The zero-order valence-corrected chi connectivity index (χ0v) is 18.2. The number of hydrogen-bond donors (Lipinski definition) is 1. The maximum atomic E-state index is 13.2. The van der Waals surface area contributed by atoms with E-state index in [-0.39, 0.29) is 10.7 Å². The van der Waals surface area contributed by atoms with Gasteiger partial charge >= 0.3 is 0 Å². The lowest BCUT2D eigenvalue weighted by molar-refractivity contribution is -0.122. The van der Waals surface area contributed by atoms with Crippen LogP contribution in [0.15, 0.2) is 35.9 Å². The molecule has 0 radical (unpaired) electrons. The van der Waals surface area contributed by atoms with Crippen LogP contribution in [0.4, 0.5) is 5.69 Å². The molecule has 0 aromatic heterocycles. The topological polar surface area (TPSA) is 77.1 Å². The Bertz CT molecular complexity index is 1050. The van der Waals surface area contributed by atoms with Crippen LogP contribution < -0.4 is 24.4 Å². The van der Waals surface area contributed by atoms with Gasteiger partial charge in [-0.2, -0.15) is 0 Å². The molecule has 8 heteroatoms. The zero-order chi connectivity index (χ0) is 22.0. The Labute approximate surface area is 180 Å². The number of ether oxygens (including phenoxy) is 3. The molecule has 0 spiro atoms. The van der Waals surface area contributed by atoms with Crippen molar-refractivity contribution in [2.75, 3.05) is 26.2 Å². The molecule has 0 aliphatic carbocycles. The van der Waals surface area contributed by atoms with E-state index >= 15 is 0 Å². The molecular weight excluding hydrogens is 404 g/mol. The van der Waals surface area contributed by atoms with Crippen LogP contribution in [-0.4, -0.2) is 38.3 Å². The second-order valence-corrected chi connectivity index (χ2v) is 7.09. The number of nitrogens with zero attached hydrogens (tertiary/aromatic N) is 1. The minimum absolute atomic E-state index is 0.0407. The van der Waals surface area contributed by atoms with E-state index in [0.29, 0.717) is 28.5 Å². The van der Waals surface area contributed by atoms with Crippen LogP contribution in [0.2, 0.25) is 0 Å². The first kappa shape index (κ1) is 21.3. The highest BCUT2D eigenvalue weighted by Gasteiger charge is 2.35. The van der Waals surface area contributed by atoms with Crippen LogP contribution in [0.5, 0.6) is 17.2 Å². The first-order valence-corrected chi connectivity index (χ1v) is 9.50. The molecule has 0 unspecified atom stereocenters. The fourth-order valence-corrected chi connectivity index (χ4v) is 3.56. The lowest BCUT2D eigenvalue weighted by Crippen LogP contribution is -2.54. The number of methoxy groups -OCH3 is 3. The average molecular weight is 426 g/mol. The third kappa shape index (κ3) is 3.86. The minimum atomic E-state index is -0.570. The number of carbonyl (C=O) groups is 2. The zero-order valence-electron chi connectivity index (χ0n) is 17.4. The standard InChI is InChI=1S/C22H22N2O5S/c1-12-6-7-16(13(2)8-12)24-21(26)15(20(25)23-22(24)30)9-14-10-17(27-3)19(29-5)18(11-14)28-4/h6-11H,1-5H3,(H,23,25,30). The largest absolute Gasteiger partial charge is 0.493 e. The number of benzene rings is 2. The molecule has 1 heterocycles. The highest BCUT2D eigenvalue weighted by Crippen LogP contribution is 2.39. The Kier molecular flexibility index (Phi) is 6.07. The second-order valence-electron chi connectivity index (χ2n) is 6.71. The van der Waals surface area contributed by atoms with Crippen molar-refractivity contribution >= 4 is 40.9 Å². The number of amides is 2. The fraction of sp³-hybridized carbons (Fsp3) is 0.227. The summed E-state index contributed by atoms with van der Waals surface area (Å²) in [6.07, 6.45) is 1.47. The summed E-state index contributed by atoms with van der Waals surface area (Å²) < 4.78 is 16.0. The highest BCUT2D eigenvalue weighted by atomic mass is 32.1. The van der Waals surface area contributed by atoms with Crippen LogP contribution in [0, 0.1) is 13.8 Å². The summed E-state index contributed by atoms with van der Waals surface area (Å²) in [5.41, 5.74) is 3.03. The monoisotopic (exact) mass is 426 g/mol. The van der Waals surface area contributed by atoms with Crippen molar-refractivity contribution in [3.63, 3.8) is 0 Å². The summed E-state index contributed by atoms with van der Waals surface area (Å²) in [5, 5.41) is 2.63. The summed E-state index contributed by atoms with van der Waals surface area (Å²) in [7, 11) is 4.49. The summed E-state index contributed by atoms with van der Waals surface area (Å²) in [5.74, 6) is 0.159. The minimum Gasteiger partial charge on any atom is -0.493 e. The van der Waals surface area contributed by atoms with E-state index in [1.165, 1.54) is 32.3 Å². The molecule has 0 bridgehead atoms. The van der Waals surface area contributed by atoms with Gasteiger partial charge in [0.05, 0.1) is 27.0 Å². The summed E-state index contributed by atoms with van der Waals surface area (Å²) in [6.45, 7) is 3.85. The number of nitrogens with one attached hydrogen (secondary N) is 1. The van der Waals surface area contributed by atoms with E-state index in [9.17, 15) is 9.59 Å². The van der Waals surface area contributed by atoms with Gasteiger partial charge in [-0.1, -0.05) is 17.7 Å². The molecule has 1 aliphatic heterocycles. The normalized spacial score (nSPS) is 15.3. The number of rotatable bonds is 5. The van der Waals surface area contributed by atoms with Gasteiger partial charge in [0.2, 0.25) is 5.75 Å². The maximum Gasteiger partial charge on any atom is 0.270 e. The Morgan fingerprint density at radius 2 is 1.60 bits per heavy atom. The fourth-order valence-electron chi connectivity index (χ4n) is 3.28. The molecule has 0 saturated carbocycles. The van der Waals surface area contributed by atoms with Crippen LogP contribution >= 0.6 is 12.2 Å². The predicted molar refractivity (Wildman–Crippen MR) is 118 cm³/mol. The smallest absolute Gasteiger partial charge is 0.270 e. The van der Waals surface area contributed by atoms with Gasteiger partial charge in [-0.3, -0.25) is 19.8 Å². The van der Waals surface area contributed by atoms with Gasteiger partial charge in [-0.05, 0) is 61.5 Å². The molecule has 1 saturated heterocycles. The molecule has 7 nitrogen and oxygen atoms in total. The Morgan fingerprint density at radius 3 is 2.13 bits per heavy atom. The van der Waals surface area contributed by atoms with Gasteiger partial charge in [-0.15, -0.1) is 0 Å². The molecule has 1 fully saturated rings. The number of anilines is 1. The van der Waals surface area contributed by atoms with Crippen LogP contribution in [-0.2, 0) is 9.59 Å². The number of carbonyl (C=O) groups excluding carboxylic acids is 2. The van der Waals surface area contributed by atoms with Crippen LogP contribution in [0.3, 0.4) is 0 Å².